The molecule has 27 heavy (non-hydrogen) atoms. The van der Waals surface area contributed by atoms with Crippen LogP contribution in [0.2, 0.25) is 0 Å². The summed E-state index contributed by atoms with van der Waals surface area (Å²) in [5, 5.41) is 10.4. The maximum absolute atomic E-state index is 10.4. The van der Waals surface area contributed by atoms with Crippen molar-refractivity contribution in [3.63, 3.8) is 0 Å². The first-order valence-corrected chi connectivity index (χ1v) is 9.60. The van der Waals surface area contributed by atoms with E-state index in [1.807, 2.05) is 26.0 Å². The van der Waals surface area contributed by atoms with Crippen LogP contribution in [0.3, 0.4) is 0 Å². The lowest BCUT2D eigenvalue weighted by Gasteiger charge is -2.12. The van der Waals surface area contributed by atoms with Gasteiger partial charge in [-0.2, -0.15) is 0 Å². The molecule has 3 aromatic rings. The van der Waals surface area contributed by atoms with Crippen LogP contribution in [0, 0.1) is 6.92 Å². The van der Waals surface area contributed by atoms with Crippen molar-refractivity contribution in [2.45, 2.75) is 27.2 Å². The van der Waals surface area contributed by atoms with Crippen molar-refractivity contribution in [3.05, 3.63) is 88.5 Å². The summed E-state index contributed by atoms with van der Waals surface area (Å²) in [6.45, 7) is 5.99. The van der Waals surface area contributed by atoms with Gasteiger partial charge < -0.3 is 5.11 Å². The highest BCUT2D eigenvalue weighted by Gasteiger charge is 2.11. The second-order valence-electron chi connectivity index (χ2n) is 6.81. The van der Waals surface area contributed by atoms with Gasteiger partial charge in [-0.15, -0.1) is 0 Å². The Morgan fingerprint density at radius 2 is 1.44 bits per heavy atom. The molecule has 136 valence electrons. The summed E-state index contributed by atoms with van der Waals surface area (Å²) in [4.78, 5) is 0.710. The summed E-state index contributed by atoms with van der Waals surface area (Å²) in [5.74, 6) is 0.311. The molecule has 3 rings (SSSR count). The third-order valence-electron chi connectivity index (χ3n) is 4.74. The topological polar surface area (TPSA) is 20.2 Å². The van der Waals surface area contributed by atoms with Crippen molar-refractivity contribution in [3.8, 4) is 16.9 Å². The highest BCUT2D eigenvalue weighted by atomic mass is 32.1. The summed E-state index contributed by atoms with van der Waals surface area (Å²) in [6.07, 6.45) is 5.01. The van der Waals surface area contributed by atoms with E-state index in [0.717, 1.165) is 34.2 Å². The molecule has 1 N–H and O–H groups in total. The van der Waals surface area contributed by atoms with Gasteiger partial charge in [0.05, 0.1) is 0 Å². The van der Waals surface area contributed by atoms with Crippen LogP contribution in [0.25, 0.3) is 23.3 Å². The number of phenolic OH excluding ortho intramolecular Hbond substituents is 1. The van der Waals surface area contributed by atoms with Crippen LogP contribution in [-0.2, 0) is 6.42 Å². The molecule has 0 aliphatic carbocycles. The molecular weight excluding hydrogens is 348 g/mol. The lowest BCUT2D eigenvalue weighted by atomic mass is 9.95. The largest absolute Gasteiger partial charge is 0.507 e. The summed E-state index contributed by atoms with van der Waals surface area (Å²) in [6, 6.07) is 21.0. The molecule has 0 atom stereocenters. The zero-order chi connectivity index (χ0) is 19.4. The lowest BCUT2D eigenvalue weighted by Crippen LogP contribution is -1.96. The Kier molecular flexibility index (Phi) is 5.88. The van der Waals surface area contributed by atoms with Gasteiger partial charge in [-0.05, 0) is 60.2 Å². The lowest BCUT2D eigenvalue weighted by molar-refractivity contribution is 0.468. The number of aromatic hydroxyl groups is 1. The fourth-order valence-electron chi connectivity index (χ4n) is 3.06. The number of benzene rings is 3. The molecule has 0 aliphatic heterocycles. The predicted octanol–water partition coefficient (Wildman–Crippen LogP) is 6.84. The molecular formula is C25H24OS. The third-order valence-corrected chi connectivity index (χ3v) is 4.96. The molecule has 0 bridgehead atoms. The van der Waals surface area contributed by atoms with Crippen molar-refractivity contribution in [1.82, 2.24) is 0 Å². The molecule has 0 amide bonds. The van der Waals surface area contributed by atoms with E-state index >= 15 is 0 Å². The summed E-state index contributed by atoms with van der Waals surface area (Å²) >= 11 is 5.31. The number of hydrogen-bond acceptors (Lipinski definition) is 2. The van der Waals surface area contributed by atoms with Gasteiger partial charge in [-0.25, -0.2) is 0 Å². The second kappa shape index (κ2) is 8.32. The zero-order valence-corrected chi connectivity index (χ0v) is 16.8. The normalized spacial score (nSPS) is 11.1. The quantitative estimate of drug-likeness (QED) is 0.301. The molecule has 0 unspecified atom stereocenters. The molecule has 0 fully saturated rings. The predicted molar refractivity (Wildman–Crippen MR) is 120 cm³/mol. The summed E-state index contributed by atoms with van der Waals surface area (Å²) < 4.78 is 0. The van der Waals surface area contributed by atoms with Gasteiger partial charge in [0.25, 0.3) is 0 Å². The smallest absolute Gasteiger partial charge is 0.127 e. The van der Waals surface area contributed by atoms with E-state index in [0.29, 0.717) is 10.6 Å². The molecule has 0 saturated heterocycles. The molecule has 2 heteroatoms. The highest BCUT2D eigenvalue weighted by molar-refractivity contribution is 7.80. The first-order chi connectivity index (χ1) is 13.0. The van der Waals surface area contributed by atoms with Gasteiger partial charge in [-0.3, -0.25) is 0 Å². The summed E-state index contributed by atoms with van der Waals surface area (Å²) in [5.41, 5.74) is 7.49. The van der Waals surface area contributed by atoms with Crippen LogP contribution < -0.4 is 0 Å². The number of rotatable bonds is 5. The van der Waals surface area contributed by atoms with Crippen LogP contribution in [0.5, 0.6) is 5.75 Å². The minimum absolute atomic E-state index is 0.311. The van der Waals surface area contributed by atoms with Crippen LogP contribution in [-0.4, -0.2) is 9.97 Å². The van der Waals surface area contributed by atoms with Crippen molar-refractivity contribution in [1.29, 1.82) is 0 Å². The molecule has 3 aromatic carbocycles. The van der Waals surface area contributed by atoms with E-state index in [1.54, 1.807) is 0 Å². The van der Waals surface area contributed by atoms with E-state index in [1.165, 1.54) is 11.1 Å². The summed E-state index contributed by atoms with van der Waals surface area (Å²) in [7, 11) is 0. The van der Waals surface area contributed by atoms with E-state index in [2.05, 4.69) is 67.6 Å². The Bertz CT molecular complexity index is 980. The second-order valence-corrected chi connectivity index (χ2v) is 7.42. The van der Waals surface area contributed by atoms with Crippen molar-refractivity contribution in [2.75, 3.05) is 0 Å². The fourth-order valence-corrected chi connectivity index (χ4v) is 3.21. The molecule has 0 aliphatic rings. The van der Waals surface area contributed by atoms with Gasteiger partial charge in [0.2, 0.25) is 0 Å². The number of phenols is 1. The molecule has 1 nitrogen and oxygen atoms in total. The minimum Gasteiger partial charge on any atom is -0.507 e. The average molecular weight is 373 g/mol. The van der Waals surface area contributed by atoms with Gasteiger partial charge in [0, 0.05) is 10.4 Å². The van der Waals surface area contributed by atoms with E-state index in [-0.39, 0.29) is 0 Å². The van der Waals surface area contributed by atoms with Crippen molar-refractivity contribution in [2.24, 2.45) is 0 Å². The molecule has 0 heterocycles. The standard InChI is InChI=1S/C25H24OS/c1-4-21-15-23(16-24(18(3)27)25(21)26)22-13-11-20(12-14-22)10-9-19-7-5-17(2)6-8-19/h5-16,26H,4H2,1-3H3/b10-9+. The Morgan fingerprint density at radius 1 is 0.889 bits per heavy atom. The van der Waals surface area contributed by atoms with Crippen LogP contribution in [0.1, 0.15) is 41.7 Å². The number of hydrogen-bond donors (Lipinski definition) is 1. The number of thiocarbonyl (C=S) groups is 1. The van der Waals surface area contributed by atoms with Crippen molar-refractivity contribution < 1.29 is 5.11 Å². The van der Waals surface area contributed by atoms with Crippen molar-refractivity contribution >= 4 is 29.2 Å². The van der Waals surface area contributed by atoms with Gasteiger partial charge in [-0.1, -0.05) is 85.4 Å². The Balaban J connectivity index is 1.88. The zero-order valence-electron chi connectivity index (χ0n) is 16.0. The molecule has 0 spiro atoms. The monoisotopic (exact) mass is 372 g/mol. The Morgan fingerprint density at radius 3 is 1.96 bits per heavy atom. The van der Waals surface area contributed by atoms with Gasteiger partial charge >= 0.3 is 0 Å². The van der Waals surface area contributed by atoms with E-state index in [9.17, 15) is 5.11 Å². The SMILES string of the molecule is CCc1cc(-c2ccc(/C=C/c3ccc(C)cc3)cc2)cc(C(C)=S)c1O. The van der Waals surface area contributed by atoms with Crippen LogP contribution in [0.15, 0.2) is 60.7 Å². The first kappa shape index (κ1) is 19.1. The van der Waals surface area contributed by atoms with Gasteiger partial charge in [0.1, 0.15) is 5.75 Å². The maximum Gasteiger partial charge on any atom is 0.127 e. The van der Waals surface area contributed by atoms with E-state index < -0.39 is 0 Å². The highest BCUT2D eigenvalue weighted by Crippen LogP contribution is 2.31. The molecule has 0 saturated carbocycles. The van der Waals surface area contributed by atoms with Crippen LogP contribution >= 0.6 is 12.2 Å². The van der Waals surface area contributed by atoms with E-state index in [4.69, 9.17) is 12.2 Å². The minimum atomic E-state index is 0.311. The maximum atomic E-state index is 10.4. The Labute approximate surface area is 167 Å². The first-order valence-electron chi connectivity index (χ1n) is 9.20. The van der Waals surface area contributed by atoms with Gasteiger partial charge in [0.15, 0.2) is 0 Å². The molecule has 0 aromatic heterocycles. The fraction of sp³-hybridized carbons (Fsp3) is 0.160. The average Bonchev–Trinajstić information content (AvgIpc) is 2.68. The number of aryl methyl sites for hydroxylation is 2. The molecule has 0 radical (unpaired) electrons. The third kappa shape index (κ3) is 4.53. The van der Waals surface area contributed by atoms with Crippen LogP contribution in [0.4, 0.5) is 0 Å². The Hall–Kier alpha value is -2.71.